The zero-order valence-electron chi connectivity index (χ0n) is 11.4. The Morgan fingerprint density at radius 3 is 2.60 bits per heavy atom. The first-order chi connectivity index (χ1) is 9.56. The van der Waals surface area contributed by atoms with Gasteiger partial charge < -0.3 is 14.8 Å². The van der Waals surface area contributed by atoms with Gasteiger partial charge in [-0.05, 0) is 26.0 Å². The van der Waals surface area contributed by atoms with Crippen LogP contribution in [0.15, 0.2) is 16.6 Å². The summed E-state index contributed by atoms with van der Waals surface area (Å²) in [5, 5.41) is 2.90. The fraction of sp³-hybridized carbons (Fsp3) is 0.462. The van der Waals surface area contributed by atoms with E-state index >= 15 is 0 Å². The maximum Gasteiger partial charge on any atom is 0.356 e. The Morgan fingerprint density at radius 2 is 1.95 bits per heavy atom. The summed E-state index contributed by atoms with van der Waals surface area (Å²) in [6.45, 7) is 4.57. The van der Waals surface area contributed by atoms with Crippen molar-refractivity contribution in [3.63, 3.8) is 0 Å². The van der Waals surface area contributed by atoms with E-state index in [9.17, 15) is 9.59 Å². The molecule has 0 spiro atoms. The van der Waals surface area contributed by atoms with Gasteiger partial charge in [-0.3, -0.25) is 4.79 Å². The van der Waals surface area contributed by atoms with E-state index in [1.54, 1.807) is 26.0 Å². The summed E-state index contributed by atoms with van der Waals surface area (Å²) in [4.78, 5) is 27.0. The number of aromatic nitrogens is 1. The highest BCUT2D eigenvalue weighted by molar-refractivity contribution is 9.10. The van der Waals surface area contributed by atoms with Crippen LogP contribution in [0.25, 0.3) is 0 Å². The lowest BCUT2D eigenvalue weighted by molar-refractivity contribution is -0.142. The Labute approximate surface area is 126 Å². The molecule has 0 aliphatic heterocycles. The van der Waals surface area contributed by atoms with Gasteiger partial charge in [0, 0.05) is 11.0 Å². The monoisotopic (exact) mass is 344 g/mol. The van der Waals surface area contributed by atoms with E-state index < -0.39 is 5.97 Å². The molecule has 0 unspecified atom stereocenters. The Kier molecular flexibility index (Phi) is 7.17. The largest absolute Gasteiger partial charge is 0.465 e. The Hall–Kier alpha value is -1.47. The SMILES string of the molecule is CCOC(=O)CNCc1cc(Br)cc(C(=O)OCC)n1. The molecule has 7 heteroatoms. The second kappa shape index (κ2) is 8.65. The molecule has 0 bridgehead atoms. The van der Waals surface area contributed by atoms with Crippen LogP contribution >= 0.6 is 15.9 Å². The van der Waals surface area contributed by atoms with Gasteiger partial charge in [0.2, 0.25) is 0 Å². The minimum Gasteiger partial charge on any atom is -0.465 e. The molecule has 0 fully saturated rings. The summed E-state index contributed by atoms with van der Waals surface area (Å²) in [6, 6.07) is 3.35. The van der Waals surface area contributed by atoms with Gasteiger partial charge in [0.05, 0.1) is 25.5 Å². The molecule has 1 aromatic heterocycles. The standard InChI is InChI=1S/C13H17BrN2O4/c1-3-19-12(17)8-15-7-10-5-9(14)6-11(16-10)13(18)20-4-2/h5-6,15H,3-4,7-8H2,1-2H3. The Bertz CT molecular complexity index is 479. The zero-order valence-corrected chi connectivity index (χ0v) is 13.0. The molecule has 1 heterocycles. The minimum atomic E-state index is -0.472. The van der Waals surface area contributed by atoms with Crippen molar-refractivity contribution in [2.75, 3.05) is 19.8 Å². The predicted octanol–water partition coefficient (Wildman–Crippen LogP) is 1.67. The highest BCUT2D eigenvalue weighted by Crippen LogP contribution is 2.13. The van der Waals surface area contributed by atoms with E-state index in [1.165, 1.54) is 0 Å². The third-order valence-corrected chi connectivity index (χ3v) is 2.67. The molecule has 0 atom stereocenters. The van der Waals surface area contributed by atoms with E-state index in [0.29, 0.717) is 25.5 Å². The van der Waals surface area contributed by atoms with Crippen LogP contribution in [-0.2, 0) is 20.8 Å². The number of hydrogen-bond donors (Lipinski definition) is 1. The van der Waals surface area contributed by atoms with Crippen LogP contribution in [0.2, 0.25) is 0 Å². The molecular weight excluding hydrogens is 328 g/mol. The summed E-state index contributed by atoms with van der Waals surface area (Å²) in [7, 11) is 0. The van der Waals surface area contributed by atoms with Gasteiger partial charge in [0.25, 0.3) is 0 Å². The maximum absolute atomic E-state index is 11.6. The molecule has 1 rings (SSSR count). The summed E-state index contributed by atoms with van der Waals surface area (Å²) >= 11 is 3.31. The van der Waals surface area contributed by atoms with Crippen molar-refractivity contribution in [3.8, 4) is 0 Å². The van der Waals surface area contributed by atoms with Crippen LogP contribution in [0.1, 0.15) is 30.0 Å². The zero-order chi connectivity index (χ0) is 15.0. The van der Waals surface area contributed by atoms with Gasteiger partial charge in [-0.1, -0.05) is 15.9 Å². The normalized spacial score (nSPS) is 10.2. The van der Waals surface area contributed by atoms with Crippen LogP contribution in [-0.4, -0.2) is 36.7 Å². The van der Waals surface area contributed by atoms with E-state index in [2.05, 4.69) is 26.2 Å². The Balaban J connectivity index is 2.62. The molecule has 0 aliphatic rings. The van der Waals surface area contributed by atoms with E-state index in [4.69, 9.17) is 9.47 Å². The number of hydrogen-bond acceptors (Lipinski definition) is 6. The lowest BCUT2D eigenvalue weighted by atomic mass is 10.3. The lowest BCUT2D eigenvalue weighted by Gasteiger charge is -2.07. The third-order valence-electron chi connectivity index (χ3n) is 2.21. The van der Waals surface area contributed by atoms with Gasteiger partial charge in [-0.2, -0.15) is 0 Å². The quantitative estimate of drug-likeness (QED) is 0.758. The maximum atomic E-state index is 11.6. The smallest absolute Gasteiger partial charge is 0.356 e. The van der Waals surface area contributed by atoms with Crippen molar-refractivity contribution < 1.29 is 19.1 Å². The van der Waals surface area contributed by atoms with Crippen LogP contribution in [0, 0.1) is 0 Å². The second-order valence-electron chi connectivity index (χ2n) is 3.79. The number of halogens is 1. The highest BCUT2D eigenvalue weighted by atomic mass is 79.9. The summed E-state index contributed by atoms with van der Waals surface area (Å²) in [5.74, 6) is -0.798. The topological polar surface area (TPSA) is 77.5 Å². The first-order valence-corrected chi connectivity index (χ1v) is 7.06. The molecule has 0 saturated carbocycles. The molecule has 110 valence electrons. The number of rotatable bonds is 7. The van der Waals surface area contributed by atoms with Crippen molar-refractivity contribution in [2.45, 2.75) is 20.4 Å². The first-order valence-electron chi connectivity index (χ1n) is 6.26. The Morgan fingerprint density at radius 1 is 1.25 bits per heavy atom. The first kappa shape index (κ1) is 16.6. The highest BCUT2D eigenvalue weighted by Gasteiger charge is 2.11. The summed E-state index contributed by atoms with van der Waals surface area (Å²) in [6.07, 6.45) is 0. The summed E-state index contributed by atoms with van der Waals surface area (Å²) < 4.78 is 10.4. The molecule has 0 saturated heterocycles. The number of ether oxygens (including phenoxy) is 2. The van der Waals surface area contributed by atoms with Crippen molar-refractivity contribution in [1.82, 2.24) is 10.3 Å². The van der Waals surface area contributed by atoms with Crippen molar-refractivity contribution in [3.05, 3.63) is 28.0 Å². The molecule has 1 aromatic rings. The van der Waals surface area contributed by atoms with Crippen molar-refractivity contribution >= 4 is 27.9 Å². The van der Waals surface area contributed by atoms with Crippen LogP contribution in [0.4, 0.5) is 0 Å². The number of esters is 2. The van der Waals surface area contributed by atoms with Gasteiger partial charge in [0.1, 0.15) is 5.69 Å². The van der Waals surface area contributed by atoms with Gasteiger partial charge >= 0.3 is 11.9 Å². The van der Waals surface area contributed by atoms with Crippen molar-refractivity contribution in [1.29, 1.82) is 0 Å². The van der Waals surface area contributed by atoms with Gasteiger partial charge in [-0.15, -0.1) is 0 Å². The molecule has 6 nitrogen and oxygen atoms in total. The number of carbonyl (C=O) groups excluding carboxylic acids is 2. The fourth-order valence-corrected chi connectivity index (χ4v) is 1.94. The van der Waals surface area contributed by atoms with Crippen molar-refractivity contribution in [2.24, 2.45) is 0 Å². The summed E-state index contributed by atoms with van der Waals surface area (Å²) in [5.41, 5.74) is 0.862. The number of pyridine rings is 1. The average Bonchev–Trinajstić information content (AvgIpc) is 2.38. The molecule has 0 amide bonds. The van der Waals surface area contributed by atoms with E-state index in [-0.39, 0.29) is 18.2 Å². The van der Waals surface area contributed by atoms with Crippen LogP contribution in [0.5, 0.6) is 0 Å². The number of carbonyl (C=O) groups is 2. The second-order valence-corrected chi connectivity index (χ2v) is 4.71. The fourth-order valence-electron chi connectivity index (χ4n) is 1.46. The van der Waals surface area contributed by atoms with E-state index in [0.717, 1.165) is 4.47 Å². The molecular formula is C13H17BrN2O4. The number of nitrogens with zero attached hydrogens (tertiary/aromatic N) is 1. The van der Waals surface area contributed by atoms with E-state index in [1.807, 2.05) is 0 Å². The molecule has 20 heavy (non-hydrogen) atoms. The minimum absolute atomic E-state index is 0.0940. The van der Waals surface area contributed by atoms with Crippen LogP contribution in [0.3, 0.4) is 0 Å². The van der Waals surface area contributed by atoms with Crippen LogP contribution < -0.4 is 5.32 Å². The predicted molar refractivity (Wildman–Crippen MR) is 76.2 cm³/mol. The average molecular weight is 345 g/mol. The molecule has 0 radical (unpaired) electrons. The number of nitrogens with one attached hydrogen (secondary N) is 1. The molecule has 0 aromatic carbocycles. The third kappa shape index (κ3) is 5.66. The lowest BCUT2D eigenvalue weighted by Crippen LogP contribution is -2.25. The van der Waals surface area contributed by atoms with Gasteiger partial charge in [-0.25, -0.2) is 9.78 Å². The molecule has 0 aliphatic carbocycles. The van der Waals surface area contributed by atoms with Gasteiger partial charge in [0.15, 0.2) is 0 Å². The molecule has 1 N–H and O–H groups in total.